The lowest BCUT2D eigenvalue weighted by atomic mass is 10.1. The van der Waals surface area contributed by atoms with Crippen LogP contribution in [0.4, 0.5) is 0 Å². The summed E-state index contributed by atoms with van der Waals surface area (Å²) in [7, 11) is 7.09. The average Bonchev–Trinajstić information content (AvgIpc) is 2.71. The predicted octanol–water partition coefficient (Wildman–Crippen LogP) is 1.97. The SMILES string of the molecule is COc1ccc([C@@H](CNC(=O)c2nn(C)c(=O)c3ccccc23)N(C)C)cc1. The van der Waals surface area contributed by atoms with Crippen molar-refractivity contribution in [3.63, 3.8) is 0 Å². The minimum Gasteiger partial charge on any atom is -0.497 e. The van der Waals surface area contributed by atoms with Crippen LogP contribution in [-0.4, -0.2) is 48.3 Å². The molecular weight excluding hydrogens is 356 g/mol. The molecule has 1 atom stereocenters. The standard InChI is InChI=1S/C21H24N4O3/c1-24(2)18(14-9-11-15(28-4)12-10-14)13-22-20(26)19-16-7-5-6-8-17(16)21(27)25(3)23-19/h5-12,18H,13H2,1-4H3,(H,22,26)/t18-/m1/s1. The molecule has 1 amide bonds. The maximum atomic E-state index is 12.9. The molecule has 0 unspecified atom stereocenters. The van der Waals surface area contributed by atoms with Gasteiger partial charge in [-0.05, 0) is 37.9 Å². The monoisotopic (exact) mass is 380 g/mol. The lowest BCUT2D eigenvalue weighted by molar-refractivity contribution is 0.0936. The summed E-state index contributed by atoms with van der Waals surface area (Å²) in [5.41, 5.74) is 1.07. The van der Waals surface area contributed by atoms with Gasteiger partial charge in [0, 0.05) is 19.0 Å². The van der Waals surface area contributed by atoms with E-state index in [9.17, 15) is 9.59 Å². The van der Waals surface area contributed by atoms with Gasteiger partial charge in [0.05, 0.1) is 18.5 Å². The van der Waals surface area contributed by atoms with E-state index in [0.29, 0.717) is 17.3 Å². The molecule has 0 radical (unpaired) electrons. The van der Waals surface area contributed by atoms with Crippen molar-refractivity contribution in [1.82, 2.24) is 20.0 Å². The van der Waals surface area contributed by atoms with E-state index < -0.39 is 0 Å². The quantitative estimate of drug-likeness (QED) is 0.708. The second kappa shape index (κ2) is 8.22. The zero-order valence-electron chi connectivity index (χ0n) is 16.5. The number of carbonyl (C=O) groups excluding carboxylic acids is 1. The zero-order valence-corrected chi connectivity index (χ0v) is 16.5. The summed E-state index contributed by atoms with van der Waals surface area (Å²) in [4.78, 5) is 27.1. The van der Waals surface area contributed by atoms with E-state index in [2.05, 4.69) is 10.4 Å². The molecule has 0 aliphatic carbocycles. The van der Waals surface area contributed by atoms with Crippen LogP contribution in [0.25, 0.3) is 10.8 Å². The normalized spacial score (nSPS) is 12.2. The summed E-state index contributed by atoms with van der Waals surface area (Å²) in [6, 6.07) is 14.8. The number of aromatic nitrogens is 2. The van der Waals surface area contributed by atoms with Gasteiger partial charge in [0.2, 0.25) is 0 Å². The number of carbonyl (C=O) groups is 1. The van der Waals surface area contributed by atoms with E-state index in [-0.39, 0.29) is 23.2 Å². The fourth-order valence-corrected chi connectivity index (χ4v) is 3.17. The number of aryl methyl sites for hydroxylation is 1. The van der Waals surface area contributed by atoms with E-state index in [4.69, 9.17) is 4.74 Å². The van der Waals surface area contributed by atoms with Crippen LogP contribution in [0.15, 0.2) is 53.3 Å². The molecule has 1 aromatic heterocycles. The summed E-state index contributed by atoms with van der Waals surface area (Å²) in [6.45, 7) is 0.400. The molecular formula is C21H24N4O3. The zero-order chi connectivity index (χ0) is 20.3. The topological polar surface area (TPSA) is 76.5 Å². The third kappa shape index (κ3) is 3.89. The average molecular weight is 380 g/mol. The first-order valence-electron chi connectivity index (χ1n) is 8.97. The van der Waals surface area contributed by atoms with Crippen LogP contribution in [0, 0.1) is 0 Å². The third-order valence-electron chi connectivity index (χ3n) is 4.75. The van der Waals surface area contributed by atoms with E-state index in [0.717, 1.165) is 11.3 Å². The van der Waals surface area contributed by atoms with Gasteiger partial charge < -0.3 is 15.0 Å². The minimum absolute atomic E-state index is 0.0198. The molecule has 146 valence electrons. The van der Waals surface area contributed by atoms with Crippen LogP contribution in [0.1, 0.15) is 22.1 Å². The second-order valence-electron chi connectivity index (χ2n) is 6.79. The Bertz CT molecular complexity index is 1040. The molecule has 0 spiro atoms. The lowest BCUT2D eigenvalue weighted by Crippen LogP contribution is -2.36. The van der Waals surface area contributed by atoms with Crippen LogP contribution in [-0.2, 0) is 7.05 Å². The highest BCUT2D eigenvalue weighted by atomic mass is 16.5. The third-order valence-corrected chi connectivity index (χ3v) is 4.75. The molecule has 0 bridgehead atoms. The number of nitrogens with one attached hydrogen (secondary N) is 1. The number of likely N-dealkylation sites (N-methyl/N-ethyl adjacent to an activating group) is 1. The first kappa shape index (κ1) is 19.6. The van der Waals surface area contributed by atoms with Crippen LogP contribution in [0.5, 0.6) is 5.75 Å². The molecule has 0 fully saturated rings. The molecule has 0 aliphatic heterocycles. The van der Waals surface area contributed by atoms with Gasteiger partial charge in [-0.3, -0.25) is 9.59 Å². The summed E-state index contributed by atoms with van der Waals surface area (Å²) < 4.78 is 6.41. The van der Waals surface area contributed by atoms with Crippen LogP contribution in [0.2, 0.25) is 0 Å². The van der Waals surface area contributed by atoms with Crippen molar-refractivity contribution in [2.45, 2.75) is 6.04 Å². The van der Waals surface area contributed by atoms with Crippen molar-refractivity contribution >= 4 is 16.7 Å². The highest BCUT2D eigenvalue weighted by molar-refractivity contribution is 6.04. The van der Waals surface area contributed by atoms with Crippen molar-refractivity contribution in [2.24, 2.45) is 7.05 Å². The van der Waals surface area contributed by atoms with Gasteiger partial charge in [-0.15, -0.1) is 0 Å². The highest BCUT2D eigenvalue weighted by Crippen LogP contribution is 2.21. The molecule has 1 N–H and O–H groups in total. The van der Waals surface area contributed by atoms with Gasteiger partial charge in [0.15, 0.2) is 5.69 Å². The smallest absolute Gasteiger partial charge is 0.274 e. The molecule has 2 aromatic carbocycles. The van der Waals surface area contributed by atoms with Gasteiger partial charge in [-0.2, -0.15) is 5.10 Å². The second-order valence-corrected chi connectivity index (χ2v) is 6.79. The number of amides is 1. The Hall–Kier alpha value is -3.19. The molecule has 28 heavy (non-hydrogen) atoms. The maximum absolute atomic E-state index is 12.9. The van der Waals surface area contributed by atoms with E-state index in [1.807, 2.05) is 43.3 Å². The van der Waals surface area contributed by atoms with Crippen molar-refractivity contribution in [1.29, 1.82) is 0 Å². The first-order valence-corrected chi connectivity index (χ1v) is 8.97. The highest BCUT2D eigenvalue weighted by Gasteiger charge is 2.19. The Morgan fingerprint density at radius 3 is 2.39 bits per heavy atom. The molecule has 1 heterocycles. The first-order chi connectivity index (χ1) is 13.4. The Labute approximate surface area is 163 Å². The Balaban J connectivity index is 1.85. The Morgan fingerprint density at radius 1 is 1.14 bits per heavy atom. The van der Waals surface area contributed by atoms with E-state index in [1.165, 1.54) is 4.68 Å². The number of fused-ring (bicyclic) bond motifs is 1. The van der Waals surface area contributed by atoms with Crippen molar-refractivity contribution in [3.8, 4) is 5.75 Å². The van der Waals surface area contributed by atoms with Gasteiger partial charge in [-0.25, -0.2) is 4.68 Å². The summed E-state index contributed by atoms with van der Waals surface area (Å²) >= 11 is 0. The number of nitrogens with zero attached hydrogens (tertiary/aromatic N) is 3. The molecule has 3 aromatic rings. The van der Waals surface area contributed by atoms with E-state index >= 15 is 0 Å². The molecule has 7 nitrogen and oxygen atoms in total. The number of benzene rings is 2. The molecule has 0 saturated heterocycles. The summed E-state index contributed by atoms with van der Waals surface area (Å²) in [5, 5.41) is 8.16. The molecule has 3 rings (SSSR count). The van der Waals surface area contributed by atoms with Gasteiger partial charge in [0.25, 0.3) is 11.5 Å². The fraction of sp³-hybridized carbons (Fsp3) is 0.286. The minimum atomic E-state index is -0.313. The number of ether oxygens (including phenoxy) is 1. The van der Waals surface area contributed by atoms with Gasteiger partial charge in [-0.1, -0.05) is 30.3 Å². The fourth-order valence-electron chi connectivity index (χ4n) is 3.17. The summed E-state index contributed by atoms with van der Waals surface area (Å²) in [5.74, 6) is 0.471. The van der Waals surface area contributed by atoms with E-state index in [1.54, 1.807) is 38.4 Å². The molecule has 0 saturated carbocycles. The van der Waals surface area contributed by atoms with Crippen molar-refractivity contribution < 1.29 is 9.53 Å². The molecule has 7 heteroatoms. The number of rotatable bonds is 6. The van der Waals surface area contributed by atoms with Gasteiger partial charge >= 0.3 is 0 Å². The van der Waals surface area contributed by atoms with Crippen LogP contribution < -0.4 is 15.6 Å². The Morgan fingerprint density at radius 2 is 1.79 bits per heavy atom. The van der Waals surface area contributed by atoms with Crippen molar-refractivity contribution in [3.05, 3.63) is 70.1 Å². The largest absolute Gasteiger partial charge is 0.497 e. The molecule has 0 aliphatic rings. The maximum Gasteiger partial charge on any atom is 0.274 e. The Kier molecular flexibility index (Phi) is 5.75. The van der Waals surface area contributed by atoms with Gasteiger partial charge in [0.1, 0.15) is 5.75 Å². The van der Waals surface area contributed by atoms with Crippen LogP contribution in [0.3, 0.4) is 0 Å². The summed E-state index contributed by atoms with van der Waals surface area (Å²) in [6.07, 6.45) is 0. The number of hydrogen-bond donors (Lipinski definition) is 1. The predicted molar refractivity (Wildman–Crippen MR) is 109 cm³/mol. The van der Waals surface area contributed by atoms with Crippen LogP contribution >= 0.6 is 0 Å². The lowest BCUT2D eigenvalue weighted by Gasteiger charge is -2.25. The number of methoxy groups -OCH3 is 1. The number of hydrogen-bond acceptors (Lipinski definition) is 5. The van der Waals surface area contributed by atoms with Crippen molar-refractivity contribution in [2.75, 3.05) is 27.7 Å².